The van der Waals surface area contributed by atoms with Gasteiger partial charge < -0.3 is 15.6 Å². The van der Waals surface area contributed by atoms with Crippen LogP contribution in [0.3, 0.4) is 0 Å². The van der Waals surface area contributed by atoms with Gasteiger partial charge in [0.1, 0.15) is 12.4 Å². The Balaban J connectivity index is 2.06. The van der Waals surface area contributed by atoms with E-state index < -0.39 is 5.60 Å². The smallest absolute Gasteiger partial charge is 0.124 e. The van der Waals surface area contributed by atoms with Gasteiger partial charge in [0.25, 0.3) is 0 Å². The highest BCUT2D eigenvalue weighted by molar-refractivity contribution is 9.10. The van der Waals surface area contributed by atoms with E-state index in [1.807, 2.05) is 25.1 Å². The molecule has 0 heterocycles. The zero-order valence-corrected chi connectivity index (χ0v) is 12.9. The van der Waals surface area contributed by atoms with Crippen molar-refractivity contribution in [2.24, 2.45) is 5.73 Å². The summed E-state index contributed by atoms with van der Waals surface area (Å²) < 4.78 is 6.83. The van der Waals surface area contributed by atoms with E-state index in [9.17, 15) is 5.11 Å². The Morgan fingerprint density at radius 1 is 1.37 bits per heavy atom. The fourth-order valence-corrected chi connectivity index (χ4v) is 2.95. The minimum atomic E-state index is -0.666. The summed E-state index contributed by atoms with van der Waals surface area (Å²) in [6, 6.07) is 5.74. The predicted octanol–water partition coefficient (Wildman–Crippen LogP) is 3.54. The second-order valence-electron chi connectivity index (χ2n) is 5.54. The second-order valence-corrected chi connectivity index (χ2v) is 6.46. The fourth-order valence-electron chi connectivity index (χ4n) is 2.57. The summed E-state index contributed by atoms with van der Waals surface area (Å²) in [4.78, 5) is 0. The molecule has 3 nitrogen and oxygen atoms in total. The van der Waals surface area contributed by atoms with Crippen molar-refractivity contribution in [3.05, 3.63) is 28.2 Å². The minimum Gasteiger partial charge on any atom is -0.490 e. The lowest BCUT2D eigenvalue weighted by Gasteiger charge is -2.32. The quantitative estimate of drug-likeness (QED) is 0.889. The fraction of sp³-hybridized carbons (Fsp3) is 0.600. The molecule has 1 aromatic rings. The van der Waals surface area contributed by atoms with E-state index in [-0.39, 0.29) is 6.04 Å². The highest BCUT2D eigenvalue weighted by Gasteiger charge is 2.30. The third-order valence-corrected chi connectivity index (χ3v) is 4.24. The van der Waals surface area contributed by atoms with Crippen LogP contribution in [-0.2, 0) is 0 Å². The Morgan fingerprint density at radius 2 is 2.05 bits per heavy atom. The largest absolute Gasteiger partial charge is 0.490 e. The van der Waals surface area contributed by atoms with Crippen LogP contribution >= 0.6 is 15.9 Å². The SMILES string of the molecule is C[C@H](N)c1cc(Br)ccc1OCC1(O)CCCCC1. The average molecular weight is 328 g/mol. The van der Waals surface area contributed by atoms with Crippen LogP contribution in [0.1, 0.15) is 50.6 Å². The van der Waals surface area contributed by atoms with Crippen LogP contribution in [0.2, 0.25) is 0 Å². The molecule has 0 amide bonds. The van der Waals surface area contributed by atoms with E-state index in [0.717, 1.165) is 41.5 Å². The van der Waals surface area contributed by atoms with Crippen molar-refractivity contribution in [2.75, 3.05) is 6.61 Å². The van der Waals surface area contributed by atoms with Crippen molar-refractivity contribution in [1.82, 2.24) is 0 Å². The molecule has 3 N–H and O–H groups in total. The first-order chi connectivity index (χ1) is 9.00. The monoisotopic (exact) mass is 327 g/mol. The van der Waals surface area contributed by atoms with Crippen molar-refractivity contribution in [1.29, 1.82) is 0 Å². The van der Waals surface area contributed by atoms with E-state index >= 15 is 0 Å². The normalized spacial score (nSPS) is 20.0. The van der Waals surface area contributed by atoms with Gasteiger partial charge >= 0.3 is 0 Å². The van der Waals surface area contributed by atoms with Gasteiger partial charge in [0, 0.05) is 16.1 Å². The van der Waals surface area contributed by atoms with E-state index in [0.29, 0.717) is 6.61 Å². The second kappa shape index (κ2) is 6.25. The van der Waals surface area contributed by atoms with Crippen molar-refractivity contribution in [3.8, 4) is 5.75 Å². The molecule has 1 fully saturated rings. The van der Waals surface area contributed by atoms with Crippen LogP contribution in [0.25, 0.3) is 0 Å². The van der Waals surface area contributed by atoms with Crippen molar-refractivity contribution in [3.63, 3.8) is 0 Å². The Morgan fingerprint density at radius 3 is 2.68 bits per heavy atom. The number of ether oxygens (including phenoxy) is 1. The average Bonchev–Trinajstić information content (AvgIpc) is 2.38. The summed E-state index contributed by atoms with van der Waals surface area (Å²) in [5.41, 5.74) is 6.26. The standard InChI is InChI=1S/C15H22BrNO2/c1-11(17)13-9-12(16)5-6-14(13)19-10-15(18)7-3-2-4-8-15/h5-6,9,11,18H,2-4,7-8,10,17H2,1H3/t11-/m0/s1. The third-order valence-electron chi connectivity index (χ3n) is 3.74. The van der Waals surface area contributed by atoms with Crippen LogP contribution in [-0.4, -0.2) is 17.3 Å². The Hall–Kier alpha value is -0.580. The molecule has 0 spiro atoms. The zero-order chi connectivity index (χ0) is 13.9. The first kappa shape index (κ1) is 14.8. The molecule has 0 radical (unpaired) electrons. The van der Waals surface area contributed by atoms with Gasteiger partial charge in [-0.05, 0) is 38.0 Å². The molecule has 2 rings (SSSR count). The van der Waals surface area contributed by atoms with Crippen LogP contribution in [0.15, 0.2) is 22.7 Å². The maximum atomic E-state index is 10.5. The van der Waals surface area contributed by atoms with Gasteiger partial charge in [-0.1, -0.05) is 35.2 Å². The van der Waals surface area contributed by atoms with E-state index in [1.165, 1.54) is 6.42 Å². The molecule has 1 atom stereocenters. The van der Waals surface area contributed by atoms with Crippen molar-refractivity contribution in [2.45, 2.75) is 50.7 Å². The van der Waals surface area contributed by atoms with Crippen LogP contribution < -0.4 is 10.5 Å². The maximum absolute atomic E-state index is 10.5. The molecular formula is C15H22BrNO2. The highest BCUT2D eigenvalue weighted by atomic mass is 79.9. The lowest BCUT2D eigenvalue weighted by molar-refractivity contribution is -0.0341. The topological polar surface area (TPSA) is 55.5 Å². The number of benzene rings is 1. The molecule has 0 aliphatic heterocycles. The van der Waals surface area contributed by atoms with E-state index in [2.05, 4.69) is 15.9 Å². The van der Waals surface area contributed by atoms with E-state index in [1.54, 1.807) is 0 Å². The molecule has 4 heteroatoms. The number of nitrogens with two attached hydrogens (primary N) is 1. The lowest BCUT2D eigenvalue weighted by Crippen LogP contribution is -2.38. The van der Waals surface area contributed by atoms with Crippen molar-refractivity contribution >= 4 is 15.9 Å². The molecule has 1 saturated carbocycles. The number of aliphatic hydroxyl groups is 1. The molecule has 0 bridgehead atoms. The highest BCUT2D eigenvalue weighted by Crippen LogP contribution is 2.31. The molecule has 1 aromatic carbocycles. The number of halogens is 1. The Labute approximate surface area is 123 Å². The summed E-state index contributed by atoms with van der Waals surface area (Å²) in [5, 5.41) is 10.5. The van der Waals surface area contributed by atoms with Gasteiger partial charge in [-0.2, -0.15) is 0 Å². The van der Waals surface area contributed by atoms with Gasteiger partial charge in [0.2, 0.25) is 0 Å². The Kier molecular flexibility index (Phi) is 4.87. The molecule has 0 unspecified atom stereocenters. The predicted molar refractivity (Wildman–Crippen MR) is 80.3 cm³/mol. The number of hydrogen-bond acceptors (Lipinski definition) is 3. The summed E-state index contributed by atoms with van der Waals surface area (Å²) >= 11 is 3.44. The van der Waals surface area contributed by atoms with Gasteiger partial charge in [-0.3, -0.25) is 0 Å². The summed E-state index contributed by atoms with van der Waals surface area (Å²) in [5.74, 6) is 0.775. The van der Waals surface area contributed by atoms with Crippen LogP contribution in [0, 0.1) is 0 Å². The first-order valence-electron chi connectivity index (χ1n) is 6.90. The third kappa shape index (κ3) is 3.94. The Bertz CT molecular complexity index is 428. The lowest BCUT2D eigenvalue weighted by atomic mass is 9.85. The summed E-state index contributed by atoms with van der Waals surface area (Å²) in [7, 11) is 0. The van der Waals surface area contributed by atoms with Crippen LogP contribution in [0.4, 0.5) is 0 Å². The van der Waals surface area contributed by atoms with Gasteiger partial charge in [-0.25, -0.2) is 0 Å². The molecule has 0 saturated heterocycles. The molecule has 1 aliphatic carbocycles. The van der Waals surface area contributed by atoms with Gasteiger partial charge in [0.05, 0.1) is 5.60 Å². The minimum absolute atomic E-state index is 0.0894. The van der Waals surface area contributed by atoms with Crippen LogP contribution in [0.5, 0.6) is 5.75 Å². The molecule has 1 aliphatic rings. The number of rotatable bonds is 4. The first-order valence-corrected chi connectivity index (χ1v) is 7.70. The molecule has 19 heavy (non-hydrogen) atoms. The number of hydrogen-bond donors (Lipinski definition) is 2. The van der Waals surface area contributed by atoms with E-state index in [4.69, 9.17) is 10.5 Å². The van der Waals surface area contributed by atoms with Gasteiger partial charge in [-0.15, -0.1) is 0 Å². The molecule has 0 aromatic heterocycles. The molecular weight excluding hydrogens is 306 g/mol. The van der Waals surface area contributed by atoms with Gasteiger partial charge in [0.15, 0.2) is 0 Å². The van der Waals surface area contributed by atoms with Crippen molar-refractivity contribution < 1.29 is 9.84 Å². The summed E-state index contributed by atoms with van der Waals surface area (Å²) in [6.07, 6.45) is 5.04. The summed E-state index contributed by atoms with van der Waals surface area (Å²) in [6.45, 7) is 2.29. The molecule has 106 valence electrons. The maximum Gasteiger partial charge on any atom is 0.124 e. The zero-order valence-electron chi connectivity index (χ0n) is 11.4.